The zero-order chi connectivity index (χ0) is 19.5. The van der Waals surface area contributed by atoms with Crippen molar-refractivity contribution >= 4 is 34.6 Å². The second-order valence-corrected chi connectivity index (χ2v) is 6.88. The van der Waals surface area contributed by atoms with Crippen LogP contribution in [-0.2, 0) is 4.79 Å². The molecule has 0 saturated carbocycles. The van der Waals surface area contributed by atoms with Gasteiger partial charge >= 0.3 is 0 Å². The van der Waals surface area contributed by atoms with E-state index in [2.05, 4.69) is 5.32 Å². The van der Waals surface area contributed by atoms with E-state index in [0.717, 1.165) is 28.3 Å². The zero-order valence-electron chi connectivity index (χ0n) is 15.4. The van der Waals surface area contributed by atoms with Crippen molar-refractivity contribution in [2.45, 2.75) is 12.8 Å². The number of fused-ring (bicyclic) bond motifs is 1. The van der Waals surface area contributed by atoms with Gasteiger partial charge in [0.1, 0.15) is 11.7 Å². The molecule has 1 N–H and O–H groups in total. The SMILES string of the molecule is CCOc1ccc(N=C(c2ccccc2)C2C(=O)Nc3cc(Cl)ccc32)cc1. The third-order valence-electron chi connectivity index (χ3n) is 4.59. The second-order valence-electron chi connectivity index (χ2n) is 6.44. The highest BCUT2D eigenvalue weighted by molar-refractivity contribution is 6.31. The van der Waals surface area contributed by atoms with Gasteiger partial charge in [-0.3, -0.25) is 9.79 Å². The highest BCUT2D eigenvalue weighted by atomic mass is 35.5. The van der Waals surface area contributed by atoms with E-state index in [4.69, 9.17) is 21.3 Å². The molecule has 3 aromatic carbocycles. The standard InChI is InChI=1S/C23H19ClN2O2/c1-2-28-18-11-9-17(10-12-18)25-22(15-6-4-3-5-7-15)21-19-13-8-16(24)14-20(19)26-23(21)27/h3-14,21H,2H2,1H3,(H,26,27). The molecule has 0 fully saturated rings. The summed E-state index contributed by atoms with van der Waals surface area (Å²) in [6.07, 6.45) is 0. The van der Waals surface area contributed by atoms with E-state index < -0.39 is 5.92 Å². The molecule has 1 atom stereocenters. The maximum absolute atomic E-state index is 12.8. The molecule has 4 nitrogen and oxygen atoms in total. The van der Waals surface area contributed by atoms with Crippen LogP contribution in [0.15, 0.2) is 77.8 Å². The smallest absolute Gasteiger partial charge is 0.238 e. The number of aliphatic imine (C=N–C) groups is 1. The van der Waals surface area contributed by atoms with Crippen molar-refractivity contribution in [2.75, 3.05) is 11.9 Å². The first kappa shape index (κ1) is 18.3. The third-order valence-corrected chi connectivity index (χ3v) is 4.82. The lowest BCUT2D eigenvalue weighted by Gasteiger charge is -2.14. The van der Waals surface area contributed by atoms with Crippen LogP contribution in [0, 0.1) is 0 Å². The topological polar surface area (TPSA) is 50.7 Å². The number of benzene rings is 3. The molecule has 0 saturated heterocycles. The van der Waals surface area contributed by atoms with E-state index in [0.29, 0.717) is 17.3 Å². The fourth-order valence-electron chi connectivity index (χ4n) is 3.33. The first-order valence-corrected chi connectivity index (χ1v) is 9.50. The lowest BCUT2D eigenvalue weighted by molar-refractivity contribution is -0.115. The summed E-state index contributed by atoms with van der Waals surface area (Å²) in [5, 5.41) is 3.51. The third kappa shape index (κ3) is 3.64. The molecule has 1 aliphatic rings. The minimum atomic E-state index is -0.499. The molecule has 5 heteroatoms. The van der Waals surface area contributed by atoms with Gasteiger partial charge in [-0.1, -0.05) is 48.0 Å². The van der Waals surface area contributed by atoms with Crippen LogP contribution in [-0.4, -0.2) is 18.2 Å². The summed E-state index contributed by atoms with van der Waals surface area (Å²) in [4.78, 5) is 17.7. The summed E-state index contributed by atoms with van der Waals surface area (Å²) in [5.41, 5.74) is 3.97. The van der Waals surface area contributed by atoms with E-state index in [1.54, 1.807) is 12.1 Å². The lowest BCUT2D eigenvalue weighted by Crippen LogP contribution is -2.21. The molecule has 1 unspecified atom stereocenters. The summed E-state index contributed by atoms with van der Waals surface area (Å²) in [5.74, 6) is 0.188. The van der Waals surface area contributed by atoms with Gasteiger partial charge < -0.3 is 10.1 Å². The van der Waals surface area contributed by atoms with Gasteiger partial charge in [0.05, 0.1) is 18.0 Å². The van der Waals surface area contributed by atoms with E-state index in [-0.39, 0.29) is 5.91 Å². The maximum atomic E-state index is 12.8. The van der Waals surface area contributed by atoms with Crippen molar-refractivity contribution in [3.8, 4) is 5.75 Å². The van der Waals surface area contributed by atoms with Crippen molar-refractivity contribution < 1.29 is 9.53 Å². The highest BCUT2D eigenvalue weighted by Gasteiger charge is 2.35. The number of carbonyl (C=O) groups is 1. The summed E-state index contributed by atoms with van der Waals surface area (Å²) >= 11 is 6.09. The van der Waals surface area contributed by atoms with Crippen LogP contribution in [0.25, 0.3) is 0 Å². The molecule has 0 spiro atoms. The van der Waals surface area contributed by atoms with Gasteiger partial charge in [0, 0.05) is 10.7 Å². The number of hydrogen-bond donors (Lipinski definition) is 1. The number of halogens is 1. The molecule has 0 aromatic heterocycles. The lowest BCUT2D eigenvalue weighted by atomic mass is 9.90. The Bertz CT molecular complexity index is 1030. The number of nitrogens with zero attached hydrogens (tertiary/aromatic N) is 1. The van der Waals surface area contributed by atoms with Gasteiger partial charge in [-0.2, -0.15) is 0 Å². The van der Waals surface area contributed by atoms with Gasteiger partial charge in [-0.15, -0.1) is 0 Å². The highest BCUT2D eigenvalue weighted by Crippen LogP contribution is 2.37. The number of anilines is 1. The van der Waals surface area contributed by atoms with E-state index in [9.17, 15) is 4.79 Å². The summed E-state index contributed by atoms with van der Waals surface area (Å²) < 4.78 is 5.50. The van der Waals surface area contributed by atoms with E-state index >= 15 is 0 Å². The number of rotatable bonds is 5. The Labute approximate surface area is 168 Å². The Morgan fingerprint density at radius 2 is 1.82 bits per heavy atom. The number of amides is 1. The van der Waals surface area contributed by atoms with Crippen LogP contribution < -0.4 is 10.1 Å². The van der Waals surface area contributed by atoms with Crippen LogP contribution in [0.5, 0.6) is 5.75 Å². The Kier molecular flexibility index (Phi) is 5.13. The normalized spacial score (nSPS) is 15.9. The van der Waals surface area contributed by atoms with E-state index in [1.807, 2.05) is 67.6 Å². The van der Waals surface area contributed by atoms with Crippen LogP contribution in [0.2, 0.25) is 5.02 Å². The quantitative estimate of drug-likeness (QED) is 0.577. The first-order chi connectivity index (χ1) is 13.7. The molecule has 1 aliphatic heterocycles. The summed E-state index contributed by atoms with van der Waals surface area (Å²) in [7, 11) is 0. The van der Waals surface area contributed by atoms with Crippen molar-refractivity contribution in [3.05, 3.63) is 88.9 Å². The molecule has 3 aromatic rings. The van der Waals surface area contributed by atoms with Crippen molar-refractivity contribution in [2.24, 2.45) is 4.99 Å². The average molecular weight is 391 g/mol. The molecule has 0 radical (unpaired) electrons. The monoisotopic (exact) mass is 390 g/mol. The Morgan fingerprint density at radius 3 is 2.54 bits per heavy atom. The van der Waals surface area contributed by atoms with Gasteiger partial charge in [0.2, 0.25) is 5.91 Å². The number of hydrogen-bond acceptors (Lipinski definition) is 3. The second kappa shape index (κ2) is 7.87. The van der Waals surface area contributed by atoms with Crippen LogP contribution in [0.1, 0.15) is 24.0 Å². The van der Waals surface area contributed by atoms with Crippen LogP contribution in [0.3, 0.4) is 0 Å². The molecule has 1 heterocycles. The number of carbonyl (C=O) groups excluding carboxylic acids is 1. The van der Waals surface area contributed by atoms with Crippen LogP contribution in [0.4, 0.5) is 11.4 Å². The van der Waals surface area contributed by atoms with Crippen molar-refractivity contribution in [3.63, 3.8) is 0 Å². The van der Waals surface area contributed by atoms with Gasteiger partial charge in [0.25, 0.3) is 0 Å². The molecule has 1 amide bonds. The predicted octanol–water partition coefficient (Wildman–Crippen LogP) is 5.60. The van der Waals surface area contributed by atoms with Gasteiger partial charge in [-0.05, 0) is 54.4 Å². The molecule has 28 heavy (non-hydrogen) atoms. The van der Waals surface area contributed by atoms with Crippen molar-refractivity contribution in [1.82, 2.24) is 0 Å². The maximum Gasteiger partial charge on any atom is 0.238 e. The fourth-order valence-corrected chi connectivity index (χ4v) is 3.51. The van der Waals surface area contributed by atoms with Crippen molar-refractivity contribution in [1.29, 1.82) is 0 Å². The zero-order valence-corrected chi connectivity index (χ0v) is 16.1. The number of ether oxygens (including phenoxy) is 1. The summed E-state index contributed by atoms with van der Waals surface area (Å²) in [6, 6.07) is 22.8. The minimum absolute atomic E-state index is 0.106. The van der Waals surface area contributed by atoms with Gasteiger partial charge in [0.15, 0.2) is 0 Å². The molecule has 0 aliphatic carbocycles. The largest absolute Gasteiger partial charge is 0.494 e. The molecular weight excluding hydrogens is 372 g/mol. The molecule has 4 rings (SSSR count). The number of nitrogens with one attached hydrogen (secondary N) is 1. The molecule has 140 valence electrons. The fraction of sp³-hybridized carbons (Fsp3) is 0.130. The first-order valence-electron chi connectivity index (χ1n) is 9.13. The Morgan fingerprint density at radius 1 is 1.07 bits per heavy atom. The van der Waals surface area contributed by atoms with Crippen LogP contribution >= 0.6 is 11.6 Å². The molecular formula is C23H19ClN2O2. The van der Waals surface area contributed by atoms with E-state index in [1.165, 1.54) is 0 Å². The molecule has 0 bridgehead atoms. The average Bonchev–Trinajstić information content (AvgIpc) is 3.03. The predicted molar refractivity (Wildman–Crippen MR) is 113 cm³/mol. The minimum Gasteiger partial charge on any atom is -0.494 e. The Hall–Kier alpha value is -3.11. The Balaban J connectivity index is 1.80. The van der Waals surface area contributed by atoms with Gasteiger partial charge in [-0.25, -0.2) is 0 Å². The summed E-state index contributed by atoms with van der Waals surface area (Å²) in [6.45, 7) is 2.56.